The highest BCUT2D eigenvalue weighted by Gasteiger charge is 2.13. The smallest absolute Gasteiger partial charge is 0.337 e. The zero-order valence-corrected chi connectivity index (χ0v) is 9.43. The molecular formula is C9H9ClO4S. The van der Waals surface area contributed by atoms with Crippen LogP contribution in [-0.2, 0) is 16.8 Å². The lowest BCUT2D eigenvalue weighted by atomic mass is 10.1. The van der Waals surface area contributed by atoms with Gasteiger partial charge in [0, 0.05) is 0 Å². The average molecular weight is 249 g/mol. The number of halogens is 1. The van der Waals surface area contributed by atoms with Gasteiger partial charge in [0.2, 0.25) is 0 Å². The summed E-state index contributed by atoms with van der Waals surface area (Å²) in [6, 6.07) is 2.83. The van der Waals surface area contributed by atoms with Gasteiger partial charge in [-0.05, 0) is 24.1 Å². The van der Waals surface area contributed by atoms with Gasteiger partial charge in [0.05, 0.1) is 16.3 Å². The number of hydrogen-bond acceptors (Lipinski definition) is 2. The molecule has 6 heteroatoms. The monoisotopic (exact) mass is 248 g/mol. The Bertz CT molecular complexity index is 430. The normalized spacial score (nSPS) is 12.5. The second-order valence-corrected chi connectivity index (χ2v) is 4.29. The summed E-state index contributed by atoms with van der Waals surface area (Å²) in [6.07, 6.45) is 0. The van der Waals surface area contributed by atoms with Gasteiger partial charge in [-0.2, -0.15) is 0 Å². The zero-order chi connectivity index (χ0) is 11.6. The summed E-state index contributed by atoms with van der Waals surface area (Å²) in [5.41, 5.74) is 1.10. The number of rotatable bonds is 3. The molecule has 1 aromatic carbocycles. The van der Waals surface area contributed by atoms with Crippen LogP contribution in [-0.4, -0.2) is 19.8 Å². The van der Waals surface area contributed by atoms with Gasteiger partial charge < -0.3 is 9.66 Å². The van der Waals surface area contributed by atoms with Crippen molar-refractivity contribution in [3.05, 3.63) is 33.8 Å². The summed E-state index contributed by atoms with van der Waals surface area (Å²) >= 11 is 3.86. The first kappa shape index (κ1) is 12.2. The summed E-state index contributed by atoms with van der Waals surface area (Å²) in [4.78, 5) is 10.7. The van der Waals surface area contributed by atoms with E-state index in [2.05, 4.69) is 0 Å². The van der Waals surface area contributed by atoms with E-state index in [0.29, 0.717) is 11.1 Å². The standard InChI is InChI=1S/C9H9ClO4S/c1-5-6(4-15(13)14)2-3-7(8(5)10)9(11)12/h2-3H,4H2,1H3,(H,11,12)(H,13,14). The van der Waals surface area contributed by atoms with Crippen LogP contribution in [0.2, 0.25) is 5.02 Å². The lowest BCUT2D eigenvalue weighted by Crippen LogP contribution is -2.02. The van der Waals surface area contributed by atoms with Crippen molar-refractivity contribution in [1.29, 1.82) is 0 Å². The van der Waals surface area contributed by atoms with E-state index in [1.54, 1.807) is 6.92 Å². The van der Waals surface area contributed by atoms with Crippen LogP contribution in [0.5, 0.6) is 0 Å². The molecule has 0 spiro atoms. The Hall–Kier alpha value is -0.910. The summed E-state index contributed by atoms with van der Waals surface area (Å²) in [7, 11) is 0. The third-order valence-electron chi connectivity index (χ3n) is 2.01. The van der Waals surface area contributed by atoms with Gasteiger partial charge in [0.1, 0.15) is 0 Å². The summed E-state index contributed by atoms with van der Waals surface area (Å²) < 4.78 is 19.3. The summed E-state index contributed by atoms with van der Waals surface area (Å²) in [6.45, 7) is 1.62. The molecule has 15 heavy (non-hydrogen) atoms. The highest BCUT2D eigenvalue weighted by Crippen LogP contribution is 2.24. The number of aromatic carboxylic acids is 1. The van der Waals surface area contributed by atoms with E-state index in [1.807, 2.05) is 0 Å². The number of carboxylic acid groups (broad SMARTS) is 1. The van der Waals surface area contributed by atoms with Crippen molar-refractivity contribution < 1.29 is 18.7 Å². The number of carbonyl (C=O) groups is 1. The largest absolute Gasteiger partial charge is 0.478 e. The number of benzene rings is 1. The van der Waals surface area contributed by atoms with Crippen LogP contribution in [0.1, 0.15) is 21.5 Å². The zero-order valence-electron chi connectivity index (χ0n) is 7.86. The molecule has 0 aliphatic heterocycles. The molecule has 2 N–H and O–H groups in total. The van der Waals surface area contributed by atoms with Gasteiger partial charge in [-0.25, -0.2) is 9.00 Å². The van der Waals surface area contributed by atoms with Gasteiger partial charge >= 0.3 is 5.97 Å². The fraction of sp³-hybridized carbons (Fsp3) is 0.222. The Kier molecular flexibility index (Phi) is 3.84. The Balaban J connectivity index is 3.21. The van der Waals surface area contributed by atoms with Crippen molar-refractivity contribution in [1.82, 2.24) is 0 Å². The van der Waals surface area contributed by atoms with Crippen LogP contribution < -0.4 is 0 Å². The number of carboxylic acids is 1. The van der Waals surface area contributed by atoms with E-state index in [1.165, 1.54) is 12.1 Å². The first-order valence-corrected chi connectivity index (χ1v) is 5.67. The van der Waals surface area contributed by atoms with E-state index in [0.717, 1.165) is 0 Å². The van der Waals surface area contributed by atoms with E-state index in [4.69, 9.17) is 21.3 Å². The molecule has 1 rings (SSSR count). The molecule has 0 heterocycles. The molecule has 0 radical (unpaired) electrons. The molecule has 0 amide bonds. The van der Waals surface area contributed by atoms with Crippen LogP contribution >= 0.6 is 11.6 Å². The van der Waals surface area contributed by atoms with E-state index >= 15 is 0 Å². The first-order valence-electron chi connectivity index (χ1n) is 4.02. The molecule has 4 nitrogen and oxygen atoms in total. The van der Waals surface area contributed by atoms with Crippen molar-refractivity contribution >= 4 is 28.7 Å². The van der Waals surface area contributed by atoms with Gasteiger partial charge in [-0.3, -0.25) is 0 Å². The molecule has 0 fully saturated rings. The third-order valence-corrected chi connectivity index (χ3v) is 3.05. The Labute approximate surface area is 94.2 Å². The van der Waals surface area contributed by atoms with Crippen LogP contribution in [0, 0.1) is 6.92 Å². The maximum atomic E-state index is 10.7. The second kappa shape index (κ2) is 4.74. The Morgan fingerprint density at radius 3 is 2.60 bits per heavy atom. The molecule has 82 valence electrons. The van der Waals surface area contributed by atoms with E-state index in [-0.39, 0.29) is 16.3 Å². The quantitative estimate of drug-likeness (QED) is 0.803. The fourth-order valence-corrected chi connectivity index (χ4v) is 2.02. The minimum absolute atomic E-state index is 0.00152. The molecule has 0 aliphatic rings. The number of hydrogen-bond donors (Lipinski definition) is 2. The molecule has 1 atom stereocenters. The minimum atomic E-state index is -1.96. The second-order valence-electron chi connectivity index (χ2n) is 2.98. The van der Waals surface area contributed by atoms with Gasteiger partial charge in [-0.1, -0.05) is 17.7 Å². The van der Waals surface area contributed by atoms with Gasteiger partial charge in [-0.15, -0.1) is 0 Å². The van der Waals surface area contributed by atoms with E-state index < -0.39 is 17.0 Å². The van der Waals surface area contributed by atoms with Gasteiger partial charge in [0.15, 0.2) is 11.1 Å². The van der Waals surface area contributed by atoms with E-state index in [9.17, 15) is 9.00 Å². The highest BCUT2D eigenvalue weighted by atomic mass is 35.5. The summed E-state index contributed by atoms with van der Waals surface area (Å²) in [5, 5.41) is 8.89. The van der Waals surface area contributed by atoms with Gasteiger partial charge in [0.25, 0.3) is 0 Å². The molecule has 1 unspecified atom stereocenters. The van der Waals surface area contributed by atoms with Crippen molar-refractivity contribution in [3.8, 4) is 0 Å². The van der Waals surface area contributed by atoms with Crippen molar-refractivity contribution in [2.45, 2.75) is 12.7 Å². The Morgan fingerprint density at radius 1 is 1.53 bits per heavy atom. The molecule has 1 aromatic rings. The Morgan fingerprint density at radius 2 is 2.13 bits per heavy atom. The molecule has 0 aromatic heterocycles. The molecule has 0 saturated heterocycles. The third kappa shape index (κ3) is 2.77. The van der Waals surface area contributed by atoms with Crippen molar-refractivity contribution in [2.75, 3.05) is 0 Å². The van der Waals surface area contributed by atoms with Crippen LogP contribution in [0.15, 0.2) is 12.1 Å². The topological polar surface area (TPSA) is 74.6 Å². The predicted molar refractivity (Wildman–Crippen MR) is 57.6 cm³/mol. The fourth-order valence-electron chi connectivity index (χ4n) is 1.18. The minimum Gasteiger partial charge on any atom is -0.478 e. The maximum Gasteiger partial charge on any atom is 0.337 e. The summed E-state index contributed by atoms with van der Waals surface area (Å²) in [5.74, 6) is -1.16. The lowest BCUT2D eigenvalue weighted by Gasteiger charge is -2.07. The molecule has 0 aliphatic carbocycles. The molecule has 0 saturated carbocycles. The van der Waals surface area contributed by atoms with Crippen LogP contribution in [0.25, 0.3) is 0 Å². The van der Waals surface area contributed by atoms with Crippen LogP contribution in [0.4, 0.5) is 0 Å². The maximum absolute atomic E-state index is 10.7. The van der Waals surface area contributed by atoms with Crippen molar-refractivity contribution in [2.24, 2.45) is 0 Å². The lowest BCUT2D eigenvalue weighted by molar-refractivity contribution is 0.0697. The molecule has 0 bridgehead atoms. The van der Waals surface area contributed by atoms with Crippen molar-refractivity contribution in [3.63, 3.8) is 0 Å². The predicted octanol–water partition coefficient (Wildman–Crippen LogP) is 2.07. The van der Waals surface area contributed by atoms with Crippen LogP contribution in [0.3, 0.4) is 0 Å². The average Bonchev–Trinajstić information content (AvgIpc) is 2.12. The highest BCUT2D eigenvalue weighted by molar-refractivity contribution is 7.78. The first-order chi connectivity index (χ1) is 6.93. The molecular weight excluding hydrogens is 240 g/mol. The SMILES string of the molecule is Cc1c(CS(=O)O)ccc(C(=O)O)c1Cl.